The van der Waals surface area contributed by atoms with Gasteiger partial charge in [-0.3, -0.25) is 4.79 Å². The van der Waals surface area contributed by atoms with Crippen LogP contribution in [0.5, 0.6) is 5.75 Å². The van der Waals surface area contributed by atoms with Crippen molar-refractivity contribution >= 4 is 27.5 Å². The highest BCUT2D eigenvalue weighted by atomic mass is 79.9. The van der Waals surface area contributed by atoms with Crippen LogP contribution in [0.25, 0.3) is 0 Å². The van der Waals surface area contributed by atoms with E-state index in [4.69, 9.17) is 4.74 Å². The zero-order valence-electron chi connectivity index (χ0n) is 11.3. The number of benzene rings is 1. The minimum atomic E-state index is -0.570. The highest BCUT2D eigenvalue weighted by molar-refractivity contribution is 9.10. The average molecular weight is 314 g/mol. The molecule has 0 aromatic heterocycles. The van der Waals surface area contributed by atoms with E-state index in [0.717, 1.165) is 11.4 Å². The van der Waals surface area contributed by atoms with Crippen molar-refractivity contribution in [1.82, 2.24) is 0 Å². The Balaban J connectivity index is 2.58. The lowest BCUT2D eigenvalue weighted by molar-refractivity contribution is -0.117. The van der Waals surface area contributed by atoms with Gasteiger partial charge in [0.15, 0.2) is 0 Å². The fraction of sp³-hybridized carbons (Fsp3) is 0.500. The van der Waals surface area contributed by atoms with Gasteiger partial charge in [0.05, 0.1) is 10.9 Å². The van der Waals surface area contributed by atoms with Gasteiger partial charge in [-0.2, -0.15) is 0 Å². The van der Waals surface area contributed by atoms with Crippen LogP contribution in [0, 0.1) is 5.92 Å². The van der Waals surface area contributed by atoms with Crippen LogP contribution in [0.4, 0.5) is 5.69 Å². The molecule has 0 saturated carbocycles. The van der Waals surface area contributed by atoms with Crippen molar-refractivity contribution in [2.75, 3.05) is 11.9 Å². The van der Waals surface area contributed by atoms with Crippen molar-refractivity contribution < 1.29 is 9.53 Å². The maximum atomic E-state index is 11.7. The molecular formula is C14H20BrNO2. The lowest BCUT2D eigenvalue weighted by Gasteiger charge is -2.16. The molecule has 0 aliphatic heterocycles. The van der Waals surface area contributed by atoms with Gasteiger partial charge >= 0.3 is 0 Å². The van der Waals surface area contributed by atoms with E-state index in [0.29, 0.717) is 12.5 Å². The number of anilines is 1. The van der Waals surface area contributed by atoms with E-state index in [-0.39, 0.29) is 5.91 Å². The van der Waals surface area contributed by atoms with Gasteiger partial charge in [-0.25, -0.2) is 0 Å². The zero-order valence-corrected chi connectivity index (χ0v) is 12.9. The van der Waals surface area contributed by atoms with E-state index in [9.17, 15) is 4.79 Å². The molecule has 0 unspecified atom stereocenters. The summed E-state index contributed by atoms with van der Waals surface area (Å²) in [6, 6.07) is 7.40. The number of carbonyl (C=O) groups is 1. The molecule has 1 aromatic rings. The summed E-state index contributed by atoms with van der Waals surface area (Å²) in [6.07, 6.45) is 0. The van der Waals surface area contributed by atoms with Crippen LogP contribution >= 0.6 is 15.9 Å². The molecular weight excluding hydrogens is 294 g/mol. The number of hydrogen-bond donors (Lipinski definition) is 1. The second-order valence-corrected chi connectivity index (χ2v) is 7.14. The molecule has 18 heavy (non-hydrogen) atoms. The van der Waals surface area contributed by atoms with Gasteiger partial charge in [0, 0.05) is 5.69 Å². The summed E-state index contributed by atoms with van der Waals surface area (Å²) in [6.45, 7) is 8.52. The first-order valence-electron chi connectivity index (χ1n) is 6.02. The highest BCUT2D eigenvalue weighted by Gasteiger charge is 2.23. The van der Waals surface area contributed by atoms with Gasteiger partial charge in [0.1, 0.15) is 5.75 Å². The fourth-order valence-electron chi connectivity index (χ4n) is 1.18. The molecule has 0 aliphatic rings. The number of carbonyl (C=O) groups excluding carboxylic acids is 1. The summed E-state index contributed by atoms with van der Waals surface area (Å²) in [5.41, 5.74) is 0.768. The summed E-state index contributed by atoms with van der Waals surface area (Å²) in [5, 5.41) is 2.83. The molecule has 0 atom stereocenters. The topological polar surface area (TPSA) is 38.3 Å². The van der Waals surface area contributed by atoms with Crippen molar-refractivity contribution in [2.24, 2.45) is 5.92 Å². The number of nitrogens with one attached hydrogen (secondary N) is 1. The smallest absolute Gasteiger partial charge is 0.240 e. The first kappa shape index (κ1) is 15.0. The molecule has 1 aromatic carbocycles. The molecule has 0 bridgehead atoms. The summed E-state index contributed by atoms with van der Waals surface area (Å²) in [7, 11) is 0. The van der Waals surface area contributed by atoms with Crippen LogP contribution in [0.1, 0.15) is 27.7 Å². The first-order valence-corrected chi connectivity index (χ1v) is 6.81. The van der Waals surface area contributed by atoms with Crippen molar-refractivity contribution in [3.05, 3.63) is 24.3 Å². The normalized spacial score (nSPS) is 11.4. The molecule has 0 radical (unpaired) electrons. The molecule has 0 saturated heterocycles. The number of halogens is 1. The summed E-state index contributed by atoms with van der Waals surface area (Å²) < 4.78 is 5.00. The van der Waals surface area contributed by atoms with Crippen LogP contribution in [0.2, 0.25) is 0 Å². The Morgan fingerprint density at radius 2 is 1.89 bits per heavy atom. The number of rotatable bonds is 5. The third-order valence-corrected chi connectivity index (χ3v) is 2.60. The zero-order chi connectivity index (χ0) is 13.8. The van der Waals surface area contributed by atoms with Crippen LogP contribution in [-0.2, 0) is 4.79 Å². The van der Waals surface area contributed by atoms with E-state index >= 15 is 0 Å². The molecule has 1 rings (SSSR count). The Labute approximate surface area is 117 Å². The van der Waals surface area contributed by atoms with Gasteiger partial charge in [-0.15, -0.1) is 0 Å². The van der Waals surface area contributed by atoms with Crippen LogP contribution in [0.15, 0.2) is 24.3 Å². The maximum absolute atomic E-state index is 11.7. The molecule has 4 heteroatoms. The van der Waals surface area contributed by atoms with Gasteiger partial charge < -0.3 is 10.1 Å². The Hall–Kier alpha value is -1.03. The minimum Gasteiger partial charge on any atom is -0.493 e. The Morgan fingerprint density at radius 3 is 2.33 bits per heavy atom. The van der Waals surface area contributed by atoms with Gasteiger partial charge in [-0.1, -0.05) is 29.8 Å². The third-order valence-electron chi connectivity index (χ3n) is 2.24. The predicted octanol–water partition coefficient (Wildman–Crippen LogP) is 3.83. The minimum absolute atomic E-state index is 0.0710. The van der Waals surface area contributed by atoms with Crippen LogP contribution < -0.4 is 10.1 Å². The molecule has 0 aliphatic carbocycles. The molecule has 0 heterocycles. The second-order valence-electron chi connectivity index (χ2n) is 5.16. The van der Waals surface area contributed by atoms with E-state index in [2.05, 4.69) is 35.1 Å². The molecule has 0 spiro atoms. The summed E-state index contributed by atoms with van der Waals surface area (Å²) in [5.74, 6) is 1.25. The van der Waals surface area contributed by atoms with Crippen molar-refractivity contribution in [2.45, 2.75) is 32.0 Å². The third kappa shape index (κ3) is 5.08. The SMILES string of the molecule is CC(C)COc1ccc(NC(=O)C(C)(C)Br)cc1. The van der Waals surface area contributed by atoms with Crippen molar-refractivity contribution in [1.29, 1.82) is 0 Å². The first-order chi connectivity index (χ1) is 8.29. The van der Waals surface area contributed by atoms with Gasteiger partial charge in [0.2, 0.25) is 5.91 Å². The number of alkyl halides is 1. The molecule has 100 valence electrons. The average Bonchev–Trinajstić information content (AvgIpc) is 2.26. The number of ether oxygens (including phenoxy) is 1. The number of hydrogen-bond acceptors (Lipinski definition) is 2. The lowest BCUT2D eigenvalue weighted by atomic mass is 10.2. The Bertz CT molecular complexity index is 393. The van der Waals surface area contributed by atoms with Crippen molar-refractivity contribution in [3.8, 4) is 5.75 Å². The van der Waals surface area contributed by atoms with Gasteiger partial charge in [-0.05, 0) is 44.0 Å². The molecule has 0 fully saturated rings. The predicted molar refractivity (Wildman–Crippen MR) is 78.4 cm³/mol. The fourth-order valence-corrected chi connectivity index (χ4v) is 1.28. The highest BCUT2D eigenvalue weighted by Crippen LogP contribution is 2.21. The quantitative estimate of drug-likeness (QED) is 0.839. The number of amides is 1. The molecule has 1 amide bonds. The second kappa shape index (κ2) is 6.23. The maximum Gasteiger partial charge on any atom is 0.240 e. The summed E-state index contributed by atoms with van der Waals surface area (Å²) in [4.78, 5) is 11.7. The molecule has 1 N–H and O–H groups in total. The van der Waals surface area contributed by atoms with E-state index in [1.807, 2.05) is 38.1 Å². The Morgan fingerprint density at radius 1 is 1.33 bits per heavy atom. The van der Waals surface area contributed by atoms with Crippen LogP contribution in [-0.4, -0.2) is 16.8 Å². The van der Waals surface area contributed by atoms with Crippen molar-refractivity contribution in [3.63, 3.8) is 0 Å². The van der Waals surface area contributed by atoms with E-state index < -0.39 is 4.32 Å². The molecule has 3 nitrogen and oxygen atoms in total. The van der Waals surface area contributed by atoms with Crippen LogP contribution in [0.3, 0.4) is 0 Å². The summed E-state index contributed by atoms with van der Waals surface area (Å²) >= 11 is 3.32. The standard InChI is InChI=1S/C14H20BrNO2/c1-10(2)9-18-12-7-5-11(6-8-12)16-13(17)14(3,4)15/h5-8,10H,9H2,1-4H3,(H,16,17). The Kier molecular flexibility index (Phi) is 5.20. The monoisotopic (exact) mass is 313 g/mol. The van der Waals surface area contributed by atoms with E-state index in [1.165, 1.54) is 0 Å². The van der Waals surface area contributed by atoms with Gasteiger partial charge in [0.25, 0.3) is 0 Å². The largest absolute Gasteiger partial charge is 0.493 e. The van der Waals surface area contributed by atoms with E-state index in [1.54, 1.807) is 0 Å². The lowest BCUT2D eigenvalue weighted by Crippen LogP contribution is -2.30.